The first-order valence-corrected chi connectivity index (χ1v) is 5.29. The Labute approximate surface area is 84.1 Å². The maximum Gasteiger partial charge on any atom is 0.126 e. The molecule has 0 fully saturated rings. The molecule has 1 nitrogen and oxygen atoms in total. The molecular weight excluding hydrogens is 177 g/mol. The lowest BCUT2D eigenvalue weighted by Gasteiger charge is -2.14. The Bertz CT molecular complexity index is 346. The standard InChI is InChI=1S/C12H16FN/c1-2-12(14)10-6-7-11(13)9-5-3-4-8(9)10/h6-7,12H,2-5,14H2,1H3/t12-/m0/s1. The van der Waals surface area contributed by atoms with Gasteiger partial charge in [0.05, 0.1) is 0 Å². The van der Waals surface area contributed by atoms with Crippen LogP contribution in [-0.4, -0.2) is 0 Å². The largest absolute Gasteiger partial charge is 0.324 e. The molecule has 0 bridgehead atoms. The van der Waals surface area contributed by atoms with E-state index in [1.54, 1.807) is 6.07 Å². The van der Waals surface area contributed by atoms with Crippen LogP contribution in [0.1, 0.15) is 42.5 Å². The van der Waals surface area contributed by atoms with Gasteiger partial charge in [0.25, 0.3) is 0 Å². The number of fused-ring (bicyclic) bond motifs is 1. The van der Waals surface area contributed by atoms with Crippen LogP contribution in [0.5, 0.6) is 0 Å². The topological polar surface area (TPSA) is 26.0 Å². The molecule has 0 amide bonds. The molecule has 0 saturated carbocycles. The normalized spacial score (nSPS) is 16.8. The van der Waals surface area contributed by atoms with Crippen molar-refractivity contribution in [2.24, 2.45) is 5.73 Å². The Hall–Kier alpha value is -0.890. The first-order chi connectivity index (χ1) is 6.74. The van der Waals surface area contributed by atoms with Crippen molar-refractivity contribution in [1.82, 2.24) is 0 Å². The van der Waals surface area contributed by atoms with E-state index in [1.807, 2.05) is 6.07 Å². The Balaban J connectivity index is 2.48. The lowest BCUT2D eigenvalue weighted by Crippen LogP contribution is -2.11. The van der Waals surface area contributed by atoms with Crippen LogP contribution in [0.15, 0.2) is 12.1 Å². The van der Waals surface area contributed by atoms with Crippen LogP contribution in [0.25, 0.3) is 0 Å². The van der Waals surface area contributed by atoms with Crippen molar-refractivity contribution in [3.63, 3.8) is 0 Å². The summed E-state index contributed by atoms with van der Waals surface area (Å²) in [6, 6.07) is 3.49. The van der Waals surface area contributed by atoms with Gasteiger partial charge in [-0.25, -0.2) is 4.39 Å². The summed E-state index contributed by atoms with van der Waals surface area (Å²) in [7, 11) is 0. The Morgan fingerprint density at radius 3 is 2.79 bits per heavy atom. The van der Waals surface area contributed by atoms with Gasteiger partial charge in [-0.15, -0.1) is 0 Å². The zero-order valence-corrected chi connectivity index (χ0v) is 8.52. The first kappa shape index (κ1) is 9.66. The third-order valence-electron chi connectivity index (χ3n) is 3.10. The van der Waals surface area contributed by atoms with Crippen LogP contribution in [0.3, 0.4) is 0 Å². The van der Waals surface area contributed by atoms with E-state index >= 15 is 0 Å². The van der Waals surface area contributed by atoms with Crippen LogP contribution in [0, 0.1) is 5.82 Å². The summed E-state index contributed by atoms with van der Waals surface area (Å²) < 4.78 is 13.4. The van der Waals surface area contributed by atoms with Crippen LogP contribution in [0.4, 0.5) is 4.39 Å². The van der Waals surface area contributed by atoms with E-state index in [2.05, 4.69) is 6.92 Å². The van der Waals surface area contributed by atoms with Crippen molar-refractivity contribution in [3.8, 4) is 0 Å². The summed E-state index contributed by atoms with van der Waals surface area (Å²) in [6.07, 6.45) is 3.86. The molecule has 0 aliphatic heterocycles. The lowest BCUT2D eigenvalue weighted by molar-refractivity contribution is 0.608. The average Bonchev–Trinajstić information content (AvgIpc) is 2.67. The summed E-state index contributed by atoms with van der Waals surface area (Å²) in [5.74, 6) is -0.0513. The van der Waals surface area contributed by atoms with Gasteiger partial charge in [0, 0.05) is 6.04 Å². The quantitative estimate of drug-likeness (QED) is 0.767. The third-order valence-corrected chi connectivity index (χ3v) is 3.10. The van der Waals surface area contributed by atoms with Crippen molar-refractivity contribution in [3.05, 3.63) is 34.6 Å². The molecule has 0 unspecified atom stereocenters. The van der Waals surface area contributed by atoms with E-state index < -0.39 is 0 Å². The number of benzene rings is 1. The molecule has 0 radical (unpaired) electrons. The Morgan fingerprint density at radius 2 is 2.07 bits per heavy atom. The summed E-state index contributed by atoms with van der Waals surface area (Å²) in [4.78, 5) is 0. The molecule has 0 spiro atoms. The monoisotopic (exact) mass is 193 g/mol. The Kier molecular flexibility index (Phi) is 2.55. The predicted molar refractivity (Wildman–Crippen MR) is 55.6 cm³/mol. The minimum Gasteiger partial charge on any atom is -0.324 e. The highest BCUT2D eigenvalue weighted by molar-refractivity contribution is 5.41. The van der Waals surface area contributed by atoms with Gasteiger partial charge in [0.15, 0.2) is 0 Å². The highest BCUT2D eigenvalue weighted by Gasteiger charge is 2.20. The fourth-order valence-electron chi connectivity index (χ4n) is 2.26. The molecule has 0 heterocycles. The fourth-order valence-corrected chi connectivity index (χ4v) is 2.26. The highest BCUT2D eigenvalue weighted by Crippen LogP contribution is 2.31. The van der Waals surface area contributed by atoms with E-state index in [-0.39, 0.29) is 11.9 Å². The van der Waals surface area contributed by atoms with E-state index in [0.717, 1.165) is 36.8 Å². The van der Waals surface area contributed by atoms with Crippen LogP contribution in [0.2, 0.25) is 0 Å². The van der Waals surface area contributed by atoms with Gasteiger partial charge >= 0.3 is 0 Å². The van der Waals surface area contributed by atoms with Gasteiger partial charge in [0.2, 0.25) is 0 Å². The second kappa shape index (κ2) is 3.70. The summed E-state index contributed by atoms with van der Waals surface area (Å²) in [6.45, 7) is 2.06. The van der Waals surface area contributed by atoms with Crippen LogP contribution >= 0.6 is 0 Å². The second-order valence-corrected chi connectivity index (χ2v) is 3.96. The van der Waals surface area contributed by atoms with Crippen LogP contribution < -0.4 is 5.73 Å². The van der Waals surface area contributed by atoms with Crippen molar-refractivity contribution in [2.75, 3.05) is 0 Å². The minimum atomic E-state index is -0.0513. The molecule has 76 valence electrons. The van der Waals surface area contributed by atoms with Gasteiger partial charge in [-0.2, -0.15) is 0 Å². The number of hydrogen-bond donors (Lipinski definition) is 1. The van der Waals surface area contributed by atoms with Gasteiger partial charge in [0.1, 0.15) is 5.82 Å². The number of nitrogens with two attached hydrogens (primary N) is 1. The number of halogens is 1. The first-order valence-electron chi connectivity index (χ1n) is 5.29. The molecule has 2 rings (SSSR count). The van der Waals surface area contributed by atoms with E-state index in [9.17, 15) is 4.39 Å². The van der Waals surface area contributed by atoms with E-state index in [0.29, 0.717) is 0 Å². The predicted octanol–water partition coefficient (Wildman–Crippen LogP) is 2.72. The van der Waals surface area contributed by atoms with Gasteiger partial charge in [-0.05, 0) is 48.4 Å². The Morgan fingerprint density at radius 1 is 1.36 bits per heavy atom. The molecule has 14 heavy (non-hydrogen) atoms. The average molecular weight is 193 g/mol. The zero-order chi connectivity index (χ0) is 10.1. The number of hydrogen-bond acceptors (Lipinski definition) is 1. The van der Waals surface area contributed by atoms with E-state index in [4.69, 9.17) is 5.73 Å². The van der Waals surface area contributed by atoms with Crippen molar-refractivity contribution < 1.29 is 4.39 Å². The number of rotatable bonds is 2. The van der Waals surface area contributed by atoms with Crippen molar-refractivity contribution in [2.45, 2.75) is 38.6 Å². The molecule has 0 saturated heterocycles. The lowest BCUT2D eigenvalue weighted by atomic mass is 9.96. The SMILES string of the molecule is CC[C@H](N)c1ccc(F)c2c1CCC2. The maximum atomic E-state index is 13.4. The molecule has 1 aliphatic rings. The summed E-state index contributed by atoms with van der Waals surface area (Å²) in [5, 5.41) is 0. The molecule has 2 N–H and O–H groups in total. The molecular formula is C12H16FN. The fraction of sp³-hybridized carbons (Fsp3) is 0.500. The summed E-state index contributed by atoms with van der Waals surface area (Å²) in [5.41, 5.74) is 9.24. The van der Waals surface area contributed by atoms with Crippen LogP contribution in [-0.2, 0) is 12.8 Å². The second-order valence-electron chi connectivity index (χ2n) is 3.96. The molecule has 1 aromatic carbocycles. The zero-order valence-electron chi connectivity index (χ0n) is 8.52. The smallest absolute Gasteiger partial charge is 0.126 e. The summed E-state index contributed by atoms with van der Waals surface area (Å²) >= 11 is 0. The highest BCUT2D eigenvalue weighted by atomic mass is 19.1. The van der Waals surface area contributed by atoms with Gasteiger partial charge < -0.3 is 5.73 Å². The molecule has 2 heteroatoms. The van der Waals surface area contributed by atoms with Crippen molar-refractivity contribution >= 4 is 0 Å². The molecule has 1 aromatic rings. The van der Waals surface area contributed by atoms with Gasteiger partial charge in [-0.3, -0.25) is 0 Å². The molecule has 1 atom stereocenters. The van der Waals surface area contributed by atoms with E-state index in [1.165, 1.54) is 5.56 Å². The molecule has 0 aromatic heterocycles. The third kappa shape index (κ3) is 1.44. The molecule has 1 aliphatic carbocycles. The van der Waals surface area contributed by atoms with Gasteiger partial charge in [-0.1, -0.05) is 13.0 Å². The maximum absolute atomic E-state index is 13.4. The minimum absolute atomic E-state index is 0.0513. The van der Waals surface area contributed by atoms with Crippen molar-refractivity contribution in [1.29, 1.82) is 0 Å².